The molecule has 0 spiro atoms. The zero-order valence-corrected chi connectivity index (χ0v) is 12.7. The van der Waals surface area contributed by atoms with Gasteiger partial charge in [0.25, 0.3) is 0 Å². The van der Waals surface area contributed by atoms with Crippen LogP contribution in [-0.2, 0) is 14.4 Å². The van der Waals surface area contributed by atoms with Crippen LogP contribution in [0.1, 0.15) is 39.5 Å². The van der Waals surface area contributed by atoms with Gasteiger partial charge in [-0.1, -0.05) is 13.8 Å². The van der Waals surface area contributed by atoms with Crippen LogP contribution in [0.3, 0.4) is 0 Å². The van der Waals surface area contributed by atoms with Crippen molar-refractivity contribution in [3.63, 3.8) is 0 Å². The third-order valence-corrected chi connectivity index (χ3v) is 4.30. The lowest BCUT2D eigenvalue weighted by Gasteiger charge is -2.19. The molecule has 0 aromatic rings. The normalized spacial score (nSPS) is 29.2. The Kier molecular flexibility index (Phi) is 4.85. The van der Waals surface area contributed by atoms with E-state index < -0.39 is 5.97 Å². The molecule has 1 saturated heterocycles. The summed E-state index contributed by atoms with van der Waals surface area (Å²) in [4.78, 5) is 36.8. The van der Waals surface area contributed by atoms with E-state index in [0.29, 0.717) is 38.3 Å². The molecule has 2 aliphatic rings. The van der Waals surface area contributed by atoms with Gasteiger partial charge >= 0.3 is 5.97 Å². The van der Waals surface area contributed by atoms with E-state index in [4.69, 9.17) is 5.11 Å². The van der Waals surface area contributed by atoms with Crippen molar-refractivity contribution < 1.29 is 19.5 Å². The van der Waals surface area contributed by atoms with E-state index in [2.05, 4.69) is 5.32 Å². The van der Waals surface area contributed by atoms with Crippen molar-refractivity contribution in [3.05, 3.63) is 0 Å². The summed E-state index contributed by atoms with van der Waals surface area (Å²) in [6.07, 6.45) is 2.09. The molecule has 2 N–H and O–H groups in total. The minimum Gasteiger partial charge on any atom is -0.481 e. The highest BCUT2D eigenvalue weighted by molar-refractivity contribution is 5.89. The van der Waals surface area contributed by atoms with E-state index in [-0.39, 0.29) is 36.1 Å². The number of hydrogen-bond donors (Lipinski definition) is 2. The second-order valence-electron chi connectivity index (χ2n) is 6.65. The lowest BCUT2D eigenvalue weighted by Crippen LogP contribution is -2.39. The number of carbonyl (C=O) groups excluding carboxylic acids is 2. The van der Waals surface area contributed by atoms with Crippen LogP contribution in [0.5, 0.6) is 0 Å². The molecule has 1 aliphatic heterocycles. The van der Waals surface area contributed by atoms with Gasteiger partial charge in [0.05, 0.1) is 11.8 Å². The van der Waals surface area contributed by atoms with E-state index in [1.165, 1.54) is 0 Å². The van der Waals surface area contributed by atoms with Crippen LogP contribution >= 0.6 is 0 Å². The van der Waals surface area contributed by atoms with Crippen LogP contribution in [0.25, 0.3) is 0 Å². The summed E-state index contributed by atoms with van der Waals surface area (Å²) < 4.78 is 0. The van der Waals surface area contributed by atoms with Gasteiger partial charge in [-0.2, -0.15) is 0 Å². The van der Waals surface area contributed by atoms with Crippen molar-refractivity contribution in [1.82, 2.24) is 10.2 Å². The largest absolute Gasteiger partial charge is 0.481 e. The molecule has 21 heavy (non-hydrogen) atoms. The molecule has 0 radical (unpaired) electrons. The highest BCUT2D eigenvalue weighted by Crippen LogP contribution is 2.27. The zero-order chi connectivity index (χ0) is 15.6. The SMILES string of the molecule is CC(C)CN1CC(C(=O)N[C@H]2CC[C@@H](C(=O)O)C2)CC1=O. The molecule has 3 atom stereocenters. The van der Waals surface area contributed by atoms with Crippen LogP contribution < -0.4 is 5.32 Å². The van der Waals surface area contributed by atoms with Gasteiger partial charge in [0, 0.05) is 25.6 Å². The fourth-order valence-electron chi connectivity index (χ4n) is 3.22. The van der Waals surface area contributed by atoms with Crippen molar-refractivity contribution in [2.45, 2.75) is 45.6 Å². The van der Waals surface area contributed by atoms with E-state index in [1.54, 1.807) is 4.90 Å². The Morgan fingerprint density at radius 3 is 2.62 bits per heavy atom. The van der Waals surface area contributed by atoms with E-state index in [0.717, 1.165) is 0 Å². The second-order valence-corrected chi connectivity index (χ2v) is 6.65. The number of aliphatic carboxylic acids is 1. The molecular weight excluding hydrogens is 272 g/mol. The molecule has 1 heterocycles. The minimum absolute atomic E-state index is 0.0404. The number of nitrogens with one attached hydrogen (secondary N) is 1. The third kappa shape index (κ3) is 3.95. The smallest absolute Gasteiger partial charge is 0.306 e. The number of likely N-dealkylation sites (tertiary alicyclic amines) is 1. The molecule has 2 fully saturated rings. The number of rotatable bonds is 5. The maximum absolute atomic E-state index is 12.2. The van der Waals surface area contributed by atoms with Crippen LogP contribution in [0.4, 0.5) is 0 Å². The maximum atomic E-state index is 12.2. The lowest BCUT2D eigenvalue weighted by molar-refractivity contribution is -0.141. The molecule has 0 bridgehead atoms. The van der Waals surface area contributed by atoms with Crippen LogP contribution in [0.15, 0.2) is 0 Å². The molecular formula is C15H24N2O4. The summed E-state index contributed by atoms with van der Waals surface area (Å²) in [5, 5.41) is 11.9. The molecule has 2 rings (SSSR count). The summed E-state index contributed by atoms with van der Waals surface area (Å²) in [7, 11) is 0. The monoisotopic (exact) mass is 296 g/mol. The van der Waals surface area contributed by atoms with Gasteiger partial charge in [0.1, 0.15) is 0 Å². The molecule has 0 aromatic carbocycles. The van der Waals surface area contributed by atoms with Crippen molar-refractivity contribution in [1.29, 1.82) is 0 Å². The number of carboxylic acids is 1. The number of amides is 2. The Morgan fingerprint density at radius 1 is 1.33 bits per heavy atom. The Bertz CT molecular complexity index is 435. The first-order valence-electron chi connectivity index (χ1n) is 7.67. The van der Waals surface area contributed by atoms with Gasteiger partial charge in [0.15, 0.2) is 0 Å². The number of hydrogen-bond acceptors (Lipinski definition) is 3. The molecule has 118 valence electrons. The Labute approximate surface area is 124 Å². The standard InChI is InChI=1S/C15H24N2O4/c1-9(2)7-17-8-11(6-13(17)18)14(19)16-12-4-3-10(5-12)15(20)21/h9-12H,3-8H2,1-2H3,(H,16,19)(H,20,21)/t10-,11?,12+/m1/s1. The predicted molar refractivity (Wildman–Crippen MR) is 76.4 cm³/mol. The summed E-state index contributed by atoms with van der Waals surface area (Å²) in [5.74, 6) is -1.10. The summed E-state index contributed by atoms with van der Waals surface area (Å²) >= 11 is 0. The van der Waals surface area contributed by atoms with E-state index in [1.807, 2.05) is 13.8 Å². The van der Waals surface area contributed by atoms with E-state index in [9.17, 15) is 14.4 Å². The molecule has 1 unspecified atom stereocenters. The highest BCUT2D eigenvalue weighted by atomic mass is 16.4. The summed E-state index contributed by atoms with van der Waals surface area (Å²) in [6.45, 7) is 5.27. The number of carbonyl (C=O) groups is 3. The van der Waals surface area contributed by atoms with E-state index >= 15 is 0 Å². The summed E-state index contributed by atoms with van der Waals surface area (Å²) in [6, 6.07) is -0.0622. The minimum atomic E-state index is -0.786. The van der Waals surface area contributed by atoms with Crippen molar-refractivity contribution >= 4 is 17.8 Å². The van der Waals surface area contributed by atoms with Gasteiger partial charge in [-0.3, -0.25) is 14.4 Å². The topological polar surface area (TPSA) is 86.7 Å². The summed E-state index contributed by atoms with van der Waals surface area (Å²) in [5.41, 5.74) is 0. The molecule has 6 heteroatoms. The fraction of sp³-hybridized carbons (Fsp3) is 0.800. The van der Waals surface area contributed by atoms with Crippen LogP contribution in [0, 0.1) is 17.8 Å². The Balaban J connectivity index is 1.82. The van der Waals surface area contributed by atoms with Crippen LogP contribution in [0.2, 0.25) is 0 Å². The van der Waals surface area contributed by atoms with Gasteiger partial charge in [0.2, 0.25) is 11.8 Å². The van der Waals surface area contributed by atoms with Crippen molar-refractivity contribution in [3.8, 4) is 0 Å². The van der Waals surface area contributed by atoms with Gasteiger partial charge < -0.3 is 15.3 Å². The Hall–Kier alpha value is -1.59. The average Bonchev–Trinajstić information content (AvgIpc) is 2.97. The molecule has 6 nitrogen and oxygen atoms in total. The maximum Gasteiger partial charge on any atom is 0.306 e. The second kappa shape index (κ2) is 6.45. The third-order valence-electron chi connectivity index (χ3n) is 4.30. The molecule has 2 amide bonds. The first-order valence-corrected chi connectivity index (χ1v) is 7.67. The number of carboxylic acid groups (broad SMARTS) is 1. The molecule has 1 aliphatic carbocycles. The first kappa shape index (κ1) is 15.8. The average molecular weight is 296 g/mol. The number of nitrogens with zero attached hydrogens (tertiary/aromatic N) is 1. The Morgan fingerprint density at radius 2 is 2.05 bits per heavy atom. The van der Waals surface area contributed by atoms with Gasteiger partial charge in [-0.15, -0.1) is 0 Å². The van der Waals surface area contributed by atoms with Gasteiger partial charge in [-0.05, 0) is 25.2 Å². The van der Waals surface area contributed by atoms with Crippen LogP contribution in [-0.4, -0.2) is 46.9 Å². The van der Waals surface area contributed by atoms with Crippen molar-refractivity contribution in [2.75, 3.05) is 13.1 Å². The zero-order valence-electron chi connectivity index (χ0n) is 12.7. The van der Waals surface area contributed by atoms with Gasteiger partial charge in [-0.25, -0.2) is 0 Å². The highest BCUT2D eigenvalue weighted by Gasteiger charge is 2.37. The quantitative estimate of drug-likeness (QED) is 0.788. The van der Waals surface area contributed by atoms with Crippen molar-refractivity contribution in [2.24, 2.45) is 17.8 Å². The fourth-order valence-corrected chi connectivity index (χ4v) is 3.22. The predicted octanol–water partition coefficient (Wildman–Crippen LogP) is 0.860. The molecule has 1 saturated carbocycles. The first-order chi connectivity index (χ1) is 9.86. The molecule has 0 aromatic heterocycles. The lowest BCUT2D eigenvalue weighted by atomic mass is 10.1.